The number of rotatable bonds is 3. The van der Waals surface area contributed by atoms with Gasteiger partial charge >= 0.3 is 5.69 Å². The lowest BCUT2D eigenvalue weighted by Gasteiger charge is -2.05. The fraction of sp³-hybridized carbons (Fsp3) is 0.167. The molecule has 0 spiro atoms. The van der Waals surface area contributed by atoms with E-state index in [1.165, 1.54) is 0 Å². The van der Waals surface area contributed by atoms with Crippen molar-refractivity contribution in [1.29, 1.82) is 0 Å². The van der Waals surface area contributed by atoms with Gasteiger partial charge < -0.3 is 0 Å². The molecule has 7 nitrogen and oxygen atoms in total. The number of aromatic nitrogens is 1. The van der Waals surface area contributed by atoms with Crippen molar-refractivity contribution >= 4 is 31.6 Å². The molecule has 1 heterocycles. The van der Waals surface area contributed by atoms with E-state index in [4.69, 9.17) is 5.14 Å². The summed E-state index contributed by atoms with van der Waals surface area (Å²) in [4.78, 5) is 12.4. The molecule has 1 aromatic rings. The second-order valence-corrected chi connectivity index (χ2v) is 5.14. The molecule has 0 bridgehead atoms. The van der Waals surface area contributed by atoms with E-state index in [0.29, 0.717) is 6.07 Å². The monoisotopic (exact) mass is 331 g/mol. The number of nitro groups is 1. The maximum atomic E-state index is 12.5. The molecule has 94 valence electrons. The molecule has 0 amide bonds. The number of pyridine rings is 1. The van der Waals surface area contributed by atoms with E-state index < -0.39 is 42.3 Å². The third-order valence-corrected chi connectivity index (χ3v) is 3.03. The molecule has 1 aromatic heterocycles. The SMILES string of the molecule is NS(=O)(=O)c1cc(Br)c([N+](=O)[O-])c(C(F)F)n1. The molecular weight excluding hydrogens is 328 g/mol. The highest BCUT2D eigenvalue weighted by Crippen LogP contribution is 2.34. The van der Waals surface area contributed by atoms with Gasteiger partial charge in [-0.2, -0.15) is 0 Å². The minimum Gasteiger partial charge on any atom is -0.258 e. The van der Waals surface area contributed by atoms with Crippen molar-refractivity contribution in [2.75, 3.05) is 0 Å². The Bertz CT molecular complexity index is 577. The molecular formula is C6H4BrF2N3O4S. The molecule has 0 saturated carbocycles. The second kappa shape index (κ2) is 4.58. The number of halogens is 3. The molecule has 1 rings (SSSR count). The third-order valence-electron chi connectivity index (χ3n) is 1.63. The van der Waals surface area contributed by atoms with Crippen LogP contribution in [0.2, 0.25) is 0 Å². The van der Waals surface area contributed by atoms with Crippen LogP contribution >= 0.6 is 15.9 Å². The van der Waals surface area contributed by atoms with E-state index in [1.54, 1.807) is 0 Å². The van der Waals surface area contributed by atoms with Gasteiger partial charge in [0.1, 0.15) is 4.47 Å². The smallest absolute Gasteiger partial charge is 0.258 e. The number of hydrogen-bond acceptors (Lipinski definition) is 5. The molecule has 0 aliphatic rings. The predicted octanol–water partition coefficient (Wildman–Crippen LogP) is 1.34. The van der Waals surface area contributed by atoms with Crippen LogP contribution in [0.3, 0.4) is 0 Å². The molecule has 11 heteroatoms. The predicted molar refractivity (Wildman–Crippen MR) is 54.9 cm³/mol. The lowest BCUT2D eigenvalue weighted by atomic mass is 10.3. The second-order valence-electron chi connectivity index (χ2n) is 2.78. The first-order valence-corrected chi connectivity index (χ1v) is 6.14. The van der Waals surface area contributed by atoms with Crippen LogP contribution in [-0.4, -0.2) is 18.3 Å². The van der Waals surface area contributed by atoms with Gasteiger partial charge in [-0.25, -0.2) is 27.3 Å². The molecule has 0 atom stereocenters. The van der Waals surface area contributed by atoms with Crippen molar-refractivity contribution in [1.82, 2.24) is 4.98 Å². The highest BCUT2D eigenvalue weighted by Gasteiger charge is 2.29. The molecule has 0 saturated heterocycles. The normalized spacial score (nSPS) is 11.8. The Kier molecular flexibility index (Phi) is 3.74. The summed E-state index contributed by atoms with van der Waals surface area (Å²) in [5, 5.41) is 14.4. The summed E-state index contributed by atoms with van der Waals surface area (Å²) >= 11 is 2.62. The number of sulfonamides is 1. The van der Waals surface area contributed by atoms with Crippen molar-refractivity contribution in [3.05, 3.63) is 26.3 Å². The standard InChI is InChI=1S/C6H4BrF2N3O4S/c7-2-1-3(17(10,15)16)11-4(6(8)9)5(2)12(13)14/h1,6H,(H2,10,15,16). The Balaban J connectivity index is 3.64. The maximum Gasteiger partial charge on any atom is 0.310 e. The van der Waals surface area contributed by atoms with Crippen molar-refractivity contribution in [3.8, 4) is 0 Å². The number of nitrogens with zero attached hydrogens (tertiary/aromatic N) is 2. The first kappa shape index (κ1) is 13.9. The third kappa shape index (κ3) is 2.92. The highest BCUT2D eigenvalue weighted by molar-refractivity contribution is 9.10. The van der Waals surface area contributed by atoms with Crippen molar-refractivity contribution in [2.45, 2.75) is 11.5 Å². The molecule has 17 heavy (non-hydrogen) atoms. The zero-order valence-corrected chi connectivity index (χ0v) is 10.2. The maximum absolute atomic E-state index is 12.5. The van der Waals surface area contributed by atoms with Gasteiger partial charge in [-0.1, -0.05) is 0 Å². The summed E-state index contributed by atoms with van der Waals surface area (Å²) in [6.45, 7) is 0. The lowest BCUT2D eigenvalue weighted by Crippen LogP contribution is -2.16. The molecule has 0 radical (unpaired) electrons. The first-order valence-electron chi connectivity index (χ1n) is 3.80. The largest absolute Gasteiger partial charge is 0.310 e. The summed E-state index contributed by atoms with van der Waals surface area (Å²) in [5.41, 5.74) is -2.25. The average molecular weight is 332 g/mol. The number of alkyl halides is 2. The summed E-state index contributed by atoms with van der Waals surface area (Å²) in [5.74, 6) is 0. The zero-order chi connectivity index (χ0) is 13.4. The van der Waals surface area contributed by atoms with Gasteiger partial charge in [0, 0.05) is 0 Å². The van der Waals surface area contributed by atoms with Gasteiger partial charge in [-0.3, -0.25) is 10.1 Å². The van der Waals surface area contributed by atoms with Crippen LogP contribution in [0, 0.1) is 10.1 Å². The van der Waals surface area contributed by atoms with Crippen LogP contribution in [0.5, 0.6) is 0 Å². The van der Waals surface area contributed by atoms with E-state index in [-0.39, 0.29) is 0 Å². The summed E-state index contributed by atoms with van der Waals surface area (Å²) in [6.07, 6.45) is -3.30. The van der Waals surface area contributed by atoms with Crippen LogP contribution in [0.25, 0.3) is 0 Å². The van der Waals surface area contributed by atoms with Gasteiger partial charge in [0.25, 0.3) is 16.4 Å². The average Bonchev–Trinajstić information content (AvgIpc) is 2.13. The fourth-order valence-corrected chi connectivity index (χ4v) is 2.21. The van der Waals surface area contributed by atoms with Crippen LogP contribution in [0.15, 0.2) is 15.6 Å². The molecule has 0 unspecified atom stereocenters. The van der Waals surface area contributed by atoms with Gasteiger partial charge in [-0.05, 0) is 22.0 Å². The van der Waals surface area contributed by atoms with Crippen LogP contribution in [-0.2, 0) is 10.0 Å². The van der Waals surface area contributed by atoms with Gasteiger partial charge in [0.05, 0.1) is 4.92 Å². The van der Waals surface area contributed by atoms with E-state index in [9.17, 15) is 27.3 Å². The number of nitrogens with two attached hydrogens (primary N) is 1. The Morgan fingerprint density at radius 1 is 1.53 bits per heavy atom. The van der Waals surface area contributed by atoms with E-state index >= 15 is 0 Å². The van der Waals surface area contributed by atoms with Crippen molar-refractivity contribution in [3.63, 3.8) is 0 Å². The van der Waals surface area contributed by atoms with Crippen molar-refractivity contribution in [2.24, 2.45) is 5.14 Å². The minimum atomic E-state index is -4.32. The molecule has 2 N–H and O–H groups in total. The molecule has 0 aliphatic carbocycles. The van der Waals surface area contributed by atoms with E-state index in [0.717, 1.165) is 0 Å². The Morgan fingerprint density at radius 3 is 2.41 bits per heavy atom. The van der Waals surface area contributed by atoms with Gasteiger partial charge in [0.15, 0.2) is 10.7 Å². The topological polar surface area (TPSA) is 116 Å². The first-order chi connectivity index (χ1) is 7.64. The van der Waals surface area contributed by atoms with Crippen molar-refractivity contribution < 1.29 is 22.1 Å². The molecule has 0 aliphatic heterocycles. The van der Waals surface area contributed by atoms with Gasteiger partial charge in [0.2, 0.25) is 0 Å². The fourth-order valence-electron chi connectivity index (χ4n) is 0.982. The Labute approximate surface area is 102 Å². The molecule has 0 aromatic carbocycles. The Morgan fingerprint density at radius 2 is 2.06 bits per heavy atom. The molecule has 0 fully saturated rings. The summed E-state index contributed by atoms with van der Waals surface area (Å²) < 4.78 is 46.4. The minimum absolute atomic E-state index is 0.433. The quantitative estimate of drug-likeness (QED) is 0.662. The number of hydrogen-bond donors (Lipinski definition) is 1. The number of primary sulfonamides is 1. The van der Waals surface area contributed by atoms with Crippen LogP contribution < -0.4 is 5.14 Å². The summed E-state index contributed by atoms with van der Waals surface area (Å²) in [6, 6.07) is 0.694. The summed E-state index contributed by atoms with van der Waals surface area (Å²) in [7, 11) is -4.32. The van der Waals surface area contributed by atoms with Gasteiger partial charge in [-0.15, -0.1) is 0 Å². The van der Waals surface area contributed by atoms with E-state index in [1.807, 2.05) is 0 Å². The van der Waals surface area contributed by atoms with Crippen LogP contribution in [0.4, 0.5) is 14.5 Å². The zero-order valence-electron chi connectivity index (χ0n) is 7.80. The highest BCUT2D eigenvalue weighted by atomic mass is 79.9. The Hall–Kier alpha value is -1.20. The van der Waals surface area contributed by atoms with E-state index in [2.05, 4.69) is 20.9 Å². The lowest BCUT2D eigenvalue weighted by molar-refractivity contribution is -0.387. The van der Waals surface area contributed by atoms with Crippen LogP contribution in [0.1, 0.15) is 12.1 Å².